The fraction of sp³-hybridized carbons (Fsp3) is 0.355. The van der Waals surface area contributed by atoms with Gasteiger partial charge in [0.15, 0.2) is 0 Å². The summed E-state index contributed by atoms with van der Waals surface area (Å²) in [7, 11) is 0. The summed E-state index contributed by atoms with van der Waals surface area (Å²) in [6.45, 7) is 0.311. The van der Waals surface area contributed by atoms with Gasteiger partial charge in [-0.3, -0.25) is 19.7 Å². The van der Waals surface area contributed by atoms with Crippen molar-refractivity contribution in [3.05, 3.63) is 110 Å². The summed E-state index contributed by atoms with van der Waals surface area (Å²) in [4.78, 5) is 39.9. The normalized spacial score (nSPS) is 14.3. The van der Waals surface area contributed by atoms with Crippen molar-refractivity contribution in [3.63, 3.8) is 0 Å². The second-order valence-electron chi connectivity index (χ2n) is 10.1. The van der Waals surface area contributed by atoms with Crippen LogP contribution in [0.2, 0.25) is 0 Å². The lowest BCUT2D eigenvalue weighted by Crippen LogP contribution is -2.53. The number of carbonyl (C=O) groups is 2. The smallest absolute Gasteiger partial charge is 0.269 e. The van der Waals surface area contributed by atoms with E-state index in [9.17, 15) is 19.7 Å². The van der Waals surface area contributed by atoms with E-state index in [0.29, 0.717) is 18.7 Å². The Balaban J connectivity index is 1.54. The van der Waals surface area contributed by atoms with Crippen molar-refractivity contribution < 1.29 is 14.5 Å². The molecule has 1 aliphatic carbocycles. The topological polar surface area (TPSA) is 92.6 Å². The van der Waals surface area contributed by atoms with Crippen LogP contribution in [-0.2, 0) is 28.3 Å². The molecule has 1 fully saturated rings. The van der Waals surface area contributed by atoms with Gasteiger partial charge in [-0.1, -0.05) is 89.8 Å². The zero-order valence-corrected chi connectivity index (χ0v) is 24.7. The Kier molecular flexibility index (Phi) is 11.2. The molecule has 0 bridgehead atoms. The van der Waals surface area contributed by atoms with E-state index in [-0.39, 0.29) is 29.3 Å². The predicted molar refractivity (Wildman–Crippen MR) is 163 cm³/mol. The summed E-state index contributed by atoms with van der Waals surface area (Å²) >= 11 is 4.97. The highest BCUT2D eigenvalue weighted by molar-refractivity contribution is 9.10. The number of hydrogen-bond acceptors (Lipinski definition) is 5. The Morgan fingerprint density at radius 1 is 0.950 bits per heavy atom. The monoisotopic (exact) mass is 623 g/mol. The molecule has 1 saturated carbocycles. The van der Waals surface area contributed by atoms with E-state index in [1.807, 2.05) is 54.6 Å². The first-order valence-electron chi connectivity index (χ1n) is 13.6. The summed E-state index contributed by atoms with van der Waals surface area (Å²) in [5.41, 5.74) is 2.87. The number of halogens is 1. The average molecular weight is 625 g/mol. The minimum absolute atomic E-state index is 0.0396. The number of nitrogens with one attached hydrogen (secondary N) is 1. The van der Waals surface area contributed by atoms with E-state index in [1.165, 1.54) is 30.3 Å². The quantitative estimate of drug-likeness (QED) is 0.179. The molecule has 7 nitrogen and oxygen atoms in total. The number of thioether (sulfide) groups is 1. The SMILES string of the molecule is O=C(NC1CCCCC1)[C@H](Cc1ccccc1)N(Cc1cccc(Br)c1)C(=O)CSCc1ccc([N+](=O)[O-])cc1. The Labute approximate surface area is 248 Å². The van der Waals surface area contributed by atoms with Crippen LogP contribution >= 0.6 is 27.7 Å². The van der Waals surface area contributed by atoms with Gasteiger partial charge in [0.05, 0.1) is 10.7 Å². The van der Waals surface area contributed by atoms with E-state index in [0.717, 1.165) is 46.8 Å². The van der Waals surface area contributed by atoms with Crippen molar-refractivity contribution >= 4 is 45.2 Å². The van der Waals surface area contributed by atoms with Crippen molar-refractivity contribution in [1.29, 1.82) is 0 Å². The van der Waals surface area contributed by atoms with Crippen LogP contribution in [0.5, 0.6) is 0 Å². The van der Waals surface area contributed by atoms with Crippen molar-refractivity contribution in [1.82, 2.24) is 10.2 Å². The van der Waals surface area contributed by atoms with E-state index < -0.39 is 11.0 Å². The molecule has 2 amide bonds. The fourth-order valence-corrected chi connectivity index (χ4v) is 6.30. The average Bonchev–Trinajstić information content (AvgIpc) is 2.96. The molecule has 3 aromatic carbocycles. The van der Waals surface area contributed by atoms with E-state index in [2.05, 4.69) is 21.2 Å². The van der Waals surface area contributed by atoms with Gasteiger partial charge in [0.2, 0.25) is 11.8 Å². The van der Waals surface area contributed by atoms with Crippen LogP contribution in [0.4, 0.5) is 5.69 Å². The van der Waals surface area contributed by atoms with Gasteiger partial charge in [-0.15, -0.1) is 11.8 Å². The zero-order valence-electron chi connectivity index (χ0n) is 22.3. The minimum atomic E-state index is -0.657. The number of rotatable bonds is 12. The Hall–Kier alpha value is -3.17. The van der Waals surface area contributed by atoms with E-state index in [1.54, 1.807) is 17.0 Å². The zero-order chi connectivity index (χ0) is 28.3. The van der Waals surface area contributed by atoms with Crippen molar-refractivity contribution in [2.45, 2.75) is 62.9 Å². The highest BCUT2D eigenvalue weighted by Crippen LogP contribution is 2.23. The van der Waals surface area contributed by atoms with Crippen molar-refractivity contribution in [3.8, 4) is 0 Å². The summed E-state index contributed by atoms with van der Waals surface area (Å²) in [5.74, 6) is 0.491. The third-order valence-electron chi connectivity index (χ3n) is 7.11. The van der Waals surface area contributed by atoms with Gasteiger partial charge >= 0.3 is 0 Å². The molecule has 0 spiro atoms. The Bertz CT molecular complexity index is 1280. The van der Waals surface area contributed by atoms with Crippen LogP contribution in [-0.4, -0.2) is 39.5 Å². The highest BCUT2D eigenvalue weighted by Gasteiger charge is 2.31. The third-order valence-corrected chi connectivity index (χ3v) is 8.59. The maximum absolute atomic E-state index is 13.8. The summed E-state index contributed by atoms with van der Waals surface area (Å²) in [6, 6.07) is 23.5. The Morgan fingerprint density at radius 2 is 1.65 bits per heavy atom. The Morgan fingerprint density at radius 3 is 2.33 bits per heavy atom. The molecule has 210 valence electrons. The number of amides is 2. The molecule has 3 aromatic rings. The maximum Gasteiger partial charge on any atom is 0.269 e. The van der Waals surface area contributed by atoms with Gasteiger partial charge in [-0.05, 0) is 41.7 Å². The number of nitro benzene ring substituents is 1. The number of carbonyl (C=O) groups excluding carboxylic acids is 2. The lowest BCUT2D eigenvalue weighted by atomic mass is 9.94. The molecule has 0 saturated heterocycles. The van der Waals surface area contributed by atoms with E-state index >= 15 is 0 Å². The van der Waals surface area contributed by atoms with Gasteiger partial charge in [0, 0.05) is 41.4 Å². The first-order valence-corrected chi connectivity index (χ1v) is 15.5. The van der Waals surface area contributed by atoms with Crippen LogP contribution in [0.15, 0.2) is 83.3 Å². The molecule has 40 heavy (non-hydrogen) atoms. The number of non-ortho nitro benzene ring substituents is 1. The molecule has 1 N–H and O–H groups in total. The molecule has 4 rings (SSSR count). The van der Waals surface area contributed by atoms with Crippen molar-refractivity contribution in [2.24, 2.45) is 0 Å². The summed E-state index contributed by atoms with van der Waals surface area (Å²) in [5, 5.41) is 14.2. The molecule has 1 aliphatic rings. The first kappa shape index (κ1) is 29.8. The molecule has 1 atom stereocenters. The molecule has 9 heteroatoms. The van der Waals surface area contributed by atoms with Gasteiger partial charge in [-0.2, -0.15) is 0 Å². The number of hydrogen-bond donors (Lipinski definition) is 1. The van der Waals surface area contributed by atoms with Crippen LogP contribution < -0.4 is 5.32 Å². The minimum Gasteiger partial charge on any atom is -0.352 e. The second-order valence-corrected chi connectivity index (χ2v) is 12.0. The highest BCUT2D eigenvalue weighted by atomic mass is 79.9. The third kappa shape index (κ3) is 8.93. The second kappa shape index (κ2) is 15.0. The standard InChI is InChI=1S/C31H34BrN3O4S/c32-26-11-7-10-25(18-26)20-34(30(36)22-40-21-24-14-16-28(17-15-24)35(38)39)29(19-23-8-3-1-4-9-23)31(37)33-27-12-5-2-6-13-27/h1,3-4,7-11,14-18,27,29H,2,5-6,12-13,19-22H2,(H,33,37)/t29-/m0/s1. The van der Waals surface area contributed by atoms with E-state index in [4.69, 9.17) is 0 Å². The van der Waals surface area contributed by atoms with Crippen LogP contribution in [0.3, 0.4) is 0 Å². The summed E-state index contributed by atoms with van der Waals surface area (Å²) < 4.78 is 0.913. The predicted octanol–water partition coefficient (Wildman–Crippen LogP) is 6.68. The lowest BCUT2D eigenvalue weighted by Gasteiger charge is -2.33. The molecule has 0 radical (unpaired) electrons. The number of benzene rings is 3. The largest absolute Gasteiger partial charge is 0.352 e. The maximum atomic E-state index is 13.8. The van der Waals surface area contributed by atoms with Crippen LogP contribution in [0.1, 0.15) is 48.8 Å². The molecule has 0 heterocycles. The van der Waals surface area contributed by atoms with Gasteiger partial charge in [0.25, 0.3) is 5.69 Å². The van der Waals surface area contributed by atoms with Crippen LogP contribution in [0, 0.1) is 10.1 Å². The first-order chi connectivity index (χ1) is 19.4. The summed E-state index contributed by atoms with van der Waals surface area (Å²) in [6.07, 6.45) is 5.76. The molecule has 0 unspecified atom stereocenters. The van der Waals surface area contributed by atoms with Gasteiger partial charge in [-0.25, -0.2) is 0 Å². The molecular formula is C31H34BrN3O4S. The molecular weight excluding hydrogens is 590 g/mol. The fourth-order valence-electron chi connectivity index (χ4n) is 4.98. The molecule has 0 aromatic heterocycles. The number of nitrogens with zero attached hydrogens (tertiary/aromatic N) is 2. The molecule has 0 aliphatic heterocycles. The van der Waals surface area contributed by atoms with Gasteiger partial charge < -0.3 is 10.2 Å². The number of nitro groups is 1. The van der Waals surface area contributed by atoms with Crippen LogP contribution in [0.25, 0.3) is 0 Å². The lowest BCUT2D eigenvalue weighted by molar-refractivity contribution is -0.384. The van der Waals surface area contributed by atoms with Gasteiger partial charge in [0.1, 0.15) is 6.04 Å². The van der Waals surface area contributed by atoms with Crippen molar-refractivity contribution in [2.75, 3.05) is 5.75 Å².